The van der Waals surface area contributed by atoms with Gasteiger partial charge in [-0.1, -0.05) is 30.3 Å². The summed E-state index contributed by atoms with van der Waals surface area (Å²) in [5, 5.41) is 3.48. The molecule has 154 valence electrons. The third-order valence-electron chi connectivity index (χ3n) is 4.76. The van der Waals surface area contributed by atoms with Crippen molar-refractivity contribution in [3.05, 3.63) is 65.5 Å². The Kier molecular flexibility index (Phi) is 10.5. The lowest BCUT2D eigenvalue weighted by Crippen LogP contribution is -2.34. The van der Waals surface area contributed by atoms with E-state index in [-0.39, 0.29) is 36.5 Å². The van der Waals surface area contributed by atoms with Gasteiger partial charge in [0.1, 0.15) is 5.82 Å². The van der Waals surface area contributed by atoms with E-state index in [0.29, 0.717) is 6.54 Å². The Morgan fingerprint density at radius 1 is 1.04 bits per heavy atom. The van der Waals surface area contributed by atoms with Crippen LogP contribution in [0.15, 0.2) is 48.5 Å². The number of para-hydroxylation sites is 1. The van der Waals surface area contributed by atoms with E-state index in [2.05, 4.69) is 16.3 Å². The minimum absolute atomic E-state index is 0. The van der Waals surface area contributed by atoms with Gasteiger partial charge in [0.2, 0.25) is 5.91 Å². The van der Waals surface area contributed by atoms with Crippen LogP contribution in [0.25, 0.3) is 0 Å². The van der Waals surface area contributed by atoms with Gasteiger partial charge in [-0.3, -0.25) is 9.69 Å². The van der Waals surface area contributed by atoms with Crippen molar-refractivity contribution in [3.63, 3.8) is 0 Å². The van der Waals surface area contributed by atoms with Crippen LogP contribution in [0.1, 0.15) is 24.5 Å². The van der Waals surface area contributed by atoms with E-state index in [1.165, 1.54) is 12.1 Å². The van der Waals surface area contributed by atoms with E-state index in [1.54, 1.807) is 6.92 Å². The average Bonchev–Trinajstić information content (AvgIpc) is 2.67. The van der Waals surface area contributed by atoms with Crippen LogP contribution in [0.5, 0.6) is 0 Å². The summed E-state index contributed by atoms with van der Waals surface area (Å²) >= 11 is 0. The van der Waals surface area contributed by atoms with Crippen LogP contribution >= 0.6 is 24.8 Å². The van der Waals surface area contributed by atoms with Gasteiger partial charge in [0, 0.05) is 51.9 Å². The summed E-state index contributed by atoms with van der Waals surface area (Å²) in [5.41, 5.74) is 3.25. The van der Waals surface area contributed by atoms with Crippen LogP contribution in [0, 0.1) is 5.82 Å². The Labute approximate surface area is 178 Å². The first-order valence-electron chi connectivity index (χ1n) is 9.17. The summed E-state index contributed by atoms with van der Waals surface area (Å²) in [6.07, 6.45) is 0.898. The number of nitrogens with one attached hydrogen (secondary N) is 1. The number of amides is 1. The maximum absolute atomic E-state index is 13.1. The van der Waals surface area contributed by atoms with Gasteiger partial charge >= 0.3 is 0 Å². The first kappa shape index (κ1) is 24.4. The summed E-state index contributed by atoms with van der Waals surface area (Å²) in [4.78, 5) is 16.4. The maximum atomic E-state index is 13.1. The molecule has 0 spiro atoms. The topological polar surface area (TPSA) is 35.6 Å². The average molecular weight is 428 g/mol. The summed E-state index contributed by atoms with van der Waals surface area (Å²) in [7, 11) is 0. The van der Waals surface area contributed by atoms with Gasteiger partial charge in [-0.05, 0) is 35.7 Å². The molecule has 3 rings (SSSR count). The van der Waals surface area contributed by atoms with E-state index >= 15 is 0 Å². The van der Waals surface area contributed by atoms with Crippen molar-refractivity contribution >= 4 is 36.4 Å². The summed E-state index contributed by atoms with van der Waals surface area (Å²) in [5.74, 6) is -0.135. The van der Waals surface area contributed by atoms with Crippen molar-refractivity contribution in [2.75, 3.05) is 31.1 Å². The number of carbonyl (C=O) groups is 1. The van der Waals surface area contributed by atoms with Crippen molar-refractivity contribution in [1.29, 1.82) is 0 Å². The summed E-state index contributed by atoms with van der Waals surface area (Å²) in [6.45, 7) is 6.53. The number of carbonyl (C=O) groups excluding carboxylic acids is 1. The molecule has 0 fully saturated rings. The first-order valence-corrected chi connectivity index (χ1v) is 9.17. The highest BCUT2D eigenvalue weighted by Gasteiger charge is 2.17. The zero-order chi connectivity index (χ0) is 18.4. The van der Waals surface area contributed by atoms with Crippen molar-refractivity contribution in [2.24, 2.45) is 0 Å². The minimum Gasteiger partial charge on any atom is -0.312 e. The lowest BCUT2D eigenvalue weighted by atomic mass is 10.1. The second-order valence-electron chi connectivity index (χ2n) is 6.73. The minimum atomic E-state index is -0.206. The number of benzene rings is 2. The number of anilines is 1. The molecule has 0 saturated heterocycles. The zero-order valence-corrected chi connectivity index (χ0v) is 17.7. The molecule has 0 aliphatic carbocycles. The predicted octanol–water partition coefficient (Wildman–Crippen LogP) is 4.02. The van der Waals surface area contributed by atoms with E-state index in [1.807, 2.05) is 35.2 Å². The van der Waals surface area contributed by atoms with Gasteiger partial charge in [0.15, 0.2) is 0 Å². The summed E-state index contributed by atoms with van der Waals surface area (Å²) in [6, 6.07) is 14.8. The number of hydrogen-bond acceptors (Lipinski definition) is 3. The number of nitrogens with zero attached hydrogens (tertiary/aromatic N) is 2. The molecular weight excluding hydrogens is 400 g/mol. The Hall–Kier alpha value is -1.66. The third-order valence-corrected chi connectivity index (χ3v) is 4.76. The Morgan fingerprint density at radius 2 is 1.75 bits per heavy atom. The maximum Gasteiger partial charge on any atom is 0.223 e. The Bertz CT molecular complexity index is 743. The van der Waals surface area contributed by atoms with Gasteiger partial charge < -0.3 is 10.2 Å². The van der Waals surface area contributed by atoms with Crippen LogP contribution in [0.4, 0.5) is 10.1 Å². The molecule has 7 heteroatoms. The lowest BCUT2D eigenvalue weighted by Gasteiger charge is -2.25. The molecule has 1 aliphatic heterocycles. The standard InChI is InChI=1S/C21H26FN3O.2ClH/c1-17(26)25-13-4-12-24(16-18-7-9-20(22)10-8-18)14-11-23-15-19-5-2-3-6-21(19)25;;/h2-3,5-10,23H,4,11-16H2,1H3;2*1H. The number of halogens is 3. The molecule has 2 aromatic carbocycles. The molecule has 2 aromatic rings. The predicted molar refractivity (Wildman–Crippen MR) is 117 cm³/mol. The SMILES string of the molecule is CC(=O)N1CCCN(Cc2ccc(F)cc2)CCNCc2ccccc21.Cl.Cl. The first-order chi connectivity index (χ1) is 12.6. The second-order valence-corrected chi connectivity index (χ2v) is 6.73. The van der Waals surface area contributed by atoms with Gasteiger partial charge in [0.25, 0.3) is 0 Å². The van der Waals surface area contributed by atoms with Crippen molar-refractivity contribution < 1.29 is 9.18 Å². The molecule has 0 atom stereocenters. The molecule has 1 heterocycles. The molecule has 1 amide bonds. The normalized spacial score (nSPS) is 15.4. The Morgan fingerprint density at radius 3 is 2.46 bits per heavy atom. The zero-order valence-electron chi connectivity index (χ0n) is 16.1. The highest BCUT2D eigenvalue weighted by molar-refractivity contribution is 5.92. The van der Waals surface area contributed by atoms with Gasteiger partial charge in [0.05, 0.1) is 0 Å². The molecular formula is C21H28Cl2FN3O. The molecule has 0 radical (unpaired) electrons. The van der Waals surface area contributed by atoms with Crippen LogP contribution in [-0.2, 0) is 17.9 Å². The van der Waals surface area contributed by atoms with Crippen molar-refractivity contribution in [3.8, 4) is 0 Å². The monoisotopic (exact) mass is 427 g/mol. The van der Waals surface area contributed by atoms with Crippen molar-refractivity contribution in [1.82, 2.24) is 10.2 Å². The molecule has 4 nitrogen and oxygen atoms in total. The van der Waals surface area contributed by atoms with Crippen LogP contribution in [0.3, 0.4) is 0 Å². The van der Waals surface area contributed by atoms with E-state index in [9.17, 15) is 9.18 Å². The molecule has 0 unspecified atom stereocenters. The van der Waals surface area contributed by atoms with E-state index in [4.69, 9.17) is 0 Å². The molecule has 0 aromatic heterocycles. The third kappa shape index (κ3) is 6.74. The highest BCUT2D eigenvalue weighted by atomic mass is 35.5. The van der Waals surface area contributed by atoms with Crippen LogP contribution < -0.4 is 10.2 Å². The second kappa shape index (κ2) is 12.0. The fourth-order valence-corrected chi connectivity index (χ4v) is 3.40. The molecule has 1 aliphatic rings. The molecule has 28 heavy (non-hydrogen) atoms. The molecule has 0 bridgehead atoms. The molecule has 0 saturated carbocycles. The fraction of sp³-hybridized carbons (Fsp3) is 0.381. The highest BCUT2D eigenvalue weighted by Crippen LogP contribution is 2.21. The number of hydrogen-bond donors (Lipinski definition) is 1. The molecule has 1 N–H and O–H groups in total. The van der Waals surface area contributed by atoms with Crippen LogP contribution in [0.2, 0.25) is 0 Å². The fourth-order valence-electron chi connectivity index (χ4n) is 3.40. The summed E-state index contributed by atoms with van der Waals surface area (Å²) < 4.78 is 13.1. The largest absolute Gasteiger partial charge is 0.312 e. The Balaban J connectivity index is 0.00000196. The van der Waals surface area contributed by atoms with Gasteiger partial charge in [-0.15, -0.1) is 24.8 Å². The van der Waals surface area contributed by atoms with E-state index in [0.717, 1.165) is 56.0 Å². The van der Waals surface area contributed by atoms with Gasteiger partial charge in [-0.25, -0.2) is 4.39 Å². The van der Waals surface area contributed by atoms with Crippen molar-refractivity contribution in [2.45, 2.75) is 26.4 Å². The lowest BCUT2D eigenvalue weighted by molar-refractivity contribution is -0.116. The number of fused-ring (bicyclic) bond motifs is 1. The van der Waals surface area contributed by atoms with Gasteiger partial charge in [-0.2, -0.15) is 0 Å². The smallest absolute Gasteiger partial charge is 0.223 e. The van der Waals surface area contributed by atoms with E-state index < -0.39 is 0 Å². The number of rotatable bonds is 2. The quantitative estimate of drug-likeness (QED) is 0.785. The van der Waals surface area contributed by atoms with Crippen LogP contribution in [-0.4, -0.2) is 37.0 Å².